The number of sulfone groups is 1. The van der Waals surface area contributed by atoms with E-state index in [1.165, 1.54) is 29.2 Å². The third-order valence-corrected chi connectivity index (χ3v) is 8.01. The molecule has 184 valence electrons. The van der Waals surface area contributed by atoms with Crippen molar-refractivity contribution >= 4 is 27.3 Å². The van der Waals surface area contributed by atoms with Gasteiger partial charge in [0.05, 0.1) is 17.5 Å². The molecule has 0 aromatic heterocycles. The van der Waals surface area contributed by atoms with Gasteiger partial charge >= 0.3 is 0 Å². The monoisotopic (exact) mass is 506 g/mol. The normalized spacial score (nSPS) is 16.6. The van der Waals surface area contributed by atoms with Crippen LogP contribution in [-0.4, -0.2) is 62.0 Å². The van der Waals surface area contributed by atoms with Gasteiger partial charge in [-0.15, -0.1) is 0 Å². The Labute approximate surface area is 206 Å². The Kier molecular flexibility index (Phi) is 8.62. The van der Waals surface area contributed by atoms with Crippen LogP contribution in [0.5, 0.6) is 5.75 Å². The Morgan fingerprint density at radius 2 is 1.76 bits per heavy atom. The van der Waals surface area contributed by atoms with Gasteiger partial charge in [-0.3, -0.25) is 4.79 Å². The Balaban J connectivity index is 2.10. The highest BCUT2D eigenvalue weighted by Gasteiger charge is 2.46. The minimum atomic E-state index is -4.19. The van der Waals surface area contributed by atoms with E-state index >= 15 is 0 Å². The van der Waals surface area contributed by atoms with E-state index in [-0.39, 0.29) is 16.3 Å². The quantitative estimate of drug-likeness (QED) is 0.479. The molecule has 0 saturated carbocycles. The largest absolute Gasteiger partial charge is 0.502 e. The van der Waals surface area contributed by atoms with Gasteiger partial charge in [0.25, 0.3) is 5.91 Å². The van der Waals surface area contributed by atoms with Crippen LogP contribution in [0.15, 0.2) is 64.1 Å². The molecule has 0 bridgehead atoms. The predicted octanol–water partition coefficient (Wildman–Crippen LogP) is 4.60. The zero-order chi connectivity index (χ0) is 24.9. The first-order valence-electron chi connectivity index (χ1n) is 11.4. The van der Waals surface area contributed by atoms with Crippen LogP contribution in [0.4, 0.5) is 0 Å². The standard InChI is InChI=1S/C25H31ClN2O5S/c1-4-16-33-20-9-7-8-18(17-20)22-24(34(31,32)21-12-10-19(26)11-13-21)23(29)25(30)28(22)15-14-27(5-2)6-3/h7-13,17,22,29H,4-6,14-16H2,1-3H3/t22-/m1/s1. The number of benzene rings is 2. The van der Waals surface area contributed by atoms with Crippen molar-refractivity contribution < 1.29 is 23.1 Å². The van der Waals surface area contributed by atoms with Crippen molar-refractivity contribution in [3.8, 4) is 5.75 Å². The smallest absolute Gasteiger partial charge is 0.290 e. The molecule has 3 rings (SSSR count). The summed E-state index contributed by atoms with van der Waals surface area (Å²) in [6, 6.07) is 11.7. The summed E-state index contributed by atoms with van der Waals surface area (Å²) in [6.07, 6.45) is 0.818. The van der Waals surface area contributed by atoms with Gasteiger partial charge in [0.15, 0.2) is 5.76 Å². The molecule has 0 saturated heterocycles. The van der Waals surface area contributed by atoms with E-state index in [0.717, 1.165) is 19.5 Å². The topological polar surface area (TPSA) is 87.2 Å². The molecule has 2 aromatic rings. The Bertz CT molecular complexity index is 1140. The van der Waals surface area contributed by atoms with E-state index in [4.69, 9.17) is 16.3 Å². The van der Waals surface area contributed by atoms with Crippen molar-refractivity contribution in [3.05, 3.63) is 69.8 Å². The number of aliphatic hydroxyl groups excluding tert-OH is 1. The van der Waals surface area contributed by atoms with Crippen molar-refractivity contribution in [2.45, 2.75) is 38.1 Å². The molecule has 7 nitrogen and oxygen atoms in total. The van der Waals surface area contributed by atoms with Crippen LogP contribution in [0.25, 0.3) is 0 Å². The van der Waals surface area contributed by atoms with Crippen LogP contribution in [0, 0.1) is 0 Å². The van der Waals surface area contributed by atoms with Crippen molar-refractivity contribution in [2.75, 3.05) is 32.8 Å². The average molecular weight is 507 g/mol. The lowest BCUT2D eigenvalue weighted by atomic mass is 10.1. The second-order valence-electron chi connectivity index (χ2n) is 8.02. The number of hydrogen-bond donors (Lipinski definition) is 1. The van der Waals surface area contributed by atoms with Crippen LogP contribution in [0.1, 0.15) is 38.8 Å². The van der Waals surface area contributed by atoms with Gasteiger partial charge in [-0.1, -0.05) is 44.5 Å². The summed E-state index contributed by atoms with van der Waals surface area (Å²) in [5.41, 5.74) is 0.554. The maximum Gasteiger partial charge on any atom is 0.290 e. The second-order valence-corrected chi connectivity index (χ2v) is 10.4. The number of carbonyl (C=O) groups excluding carboxylic acids is 1. The molecule has 0 spiro atoms. The Morgan fingerprint density at radius 1 is 1.09 bits per heavy atom. The number of amides is 1. The second kappa shape index (κ2) is 11.3. The number of ether oxygens (including phenoxy) is 1. The Hall–Kier alpha value is -2.55. The highest BCUT2D eigenvalue weighted by molar-refractivity contribution is 7.95. The van der Waals surface area contributed by atoms with E-state index in [0.29, 0.717) is 29.5 Å². The summed E-state index contributed by atoms with van der Waals surface area (Å²) in [4.78, 5) is 16.4. The van der Waals surface area contributed by atoms with E-state index in [1.807, 2.05) is 20.8 Å². The third kappa shape index (κ3) is 5.40. The first-order chi connectivity index (χ1) is 16.2. The van der Waals surface area contributed by atoms with Crippen LogP contribution in [-0.2, 0) is 14.6 Å². The molecule has 9 heteroatoms. The zero-order valence-electron chi connectivity index (χ0n) is 19.7. The Morgan fingerprint density at radius 3 is 2.38 bits per heavy atom. The maximum absolute atomic E-state index is 13.7. The summed E-state index contributed by atoms with van der Waals surface area (Å²) in [5, 5.41) is 11.2. The lowest BCUT2D eigenvalue weighted by molar-refractivity contribution is -0.129. The molecule has 0 aliphatic carbocycles. The van der Waals surface area contributed by atoms with Gasteiger partial charge in [-0.2, -0.15) is 0 Å². The third-order valence-electron chi connectivity index (χ3n) is 5.87. The van der Waals surface area contributed by atoms with Crippen molar-refractivity contribution in [1.29, 1.82) is 0 Å². The number of halogens is 1. The molecule has 1 aliphatic rings. The zero-order valence-corrected chi connectivity index (χ0v) is 21.3. The predicted molar refractivity (Wildman–Crippen MR) is 133 cm³/mol. The molecule has 1 amide bonds. The molecule has 1 heterocycles. The first kappa shape index (κ1) is 26.1. The molecular weight excluding hydrogens is 476 g/mol. The summed E-state index contributed by atoms with van der Waals surface area (Å²) in [5.74, 6) is -0.880. The van der Waals surface area contributed by atoms with Crippen LogP contribution in [0.3, 0.4) is 0 Å². The lowest BCUT2D eigenvalue weighted by Crippen LogP contribution is -2.38. The number of nitrogens with zero attached hydrogens (tertiary/aromatic N) is 2. The van der Waals surface area contributed by atoms with Crippen LogP contribution < -0.4 is 4.74 Å². The van der Waals surface area contributed by atoms with Gasteiger partial charge in [-0.05, 0) is 61.5 Å². The van der Waals surface area contributed by atoms with E-state index in [9.17, 15) is 18.3 Å². The molecule has 0 fully saturated rings. The summed E-state index contributed by atoms with van der Waals surface area (Å²) in [7, 11) is -4.19. The SMILES string of the molecule is CCCOc1cccc([C@@H]2C(S(=O)(=O)c3ccc(Cl)cc3)=C(O)C(=O)N2CCN(CC)CC)c1. The molecule has 1 aliphatic heterocycles. The van der Waals surface area contributed by atoms with Gasteiger partial charge in [-0.25, -0.2) is 8.42 Å². The minimum absolute atomic E-state index is 0.0415. The van der Waals surface area contributed by atoms with Crippen molar-refractivity contribution in [2.24, 2.45) is 0 Å². The van der Waals surface area contributed by atoms with Gasteiger partial charge in [0.2, 0.25) is 9.84 Å². The number of rotatable bonds is 11. The van der Waals surface area contributed by atoms with Gasteiger partial charge in [0.1, 0.15) is 10.7 Å². The van der Waals surface area contributed by atoms with Gasteiger partial charge in [0, 0.05) is 18.1 Å². The fraction of sp³-hybridized carbons (Fsp3) is 0.400. The fourth-order valence-electron chi connectivity index (χ4n) is 3.99. The molecule has 34 heavy (non-hydrogen) atoms. The average Bonchev–Trinajstić information content (AvgIpc) is 3.09. The van der Waals surface area contributed by atoms with E-state index in [1.54, 1.807) is 24.3 Å². The number of hydrogen-bond acceptors (Lipinski definition) is 6. The number of likely N-dealkylation sites (N-methyl/N-ethyl adjacent to an activating group) is 1. The molecule has 0 unspecified atom stereocenters. The highest BCUT2D eigenvalue weighted by atomic mass is 35.5. The number of carbonyl (C=O) groups is 1. The van der Waals surface area contributed by atoms with Crippen molar-refractivity contribution in [1.82, 2.24) is 9.80 Å². The lowest BCUT2D eigenvalue weighted by Gasteiger charge is -2.29. The summed E-state index contributed by atoms with van der Waals surface area (Å²) >= 11 is 5.94. The van der Waals surface area contributed by atoms with Crippen LogP contribution >= 0.6 is 11.6 Å². The molecule has 1 atom stereocenters. The van der Waals surface area contributed by atoms with Crippen LogP contribution in [0.2, 0.25) is 5.02 Å². The summed E-state index contributed by atoms with van der Waals surface area (Å²) in [6.45, 7) is 8.93. The summed E-state index contributed by atoms with van der Waals surface area (Å²) < 4.78 is 33.1. The highest BCUT2D eigenvalue weighted by Crippen LogP contribution is 2.43. The van der Waals surface area contributed by atoms with E-state index < -0.39 is 27.5 Å². The molecular formula is C25H31ClN2O5S. The molecule has 0 radical (unpaired) electrons. The van der Waals surface area contributed by atoms with E-state index in [2.05, 4.69) is 4.90 Å². The van der Waals surface area contributed by atoms with Gasteiger partial charge < -0.3 is 19.6 Å². The molecule has 1 N–H and O–H groups in total. The minimum Gasteiger partial charge on any atom is -0.502 e. The molecule has 2 aromatic carbocycles. The number of aliphatic hydroxyl groups is 1. The van der Waals surface area contributed by atoms with Crippen molar-refractivity contribution in [3.63, 3.8) is 0 Å². The fourth-order valence-corrected chi connectivity index (χ4v) is 5.76. The first-order valence-corrected chi connectivity index (χ1v) is 13.3. The maximum atomic E-state index is 13.7.